The number of carbonyl (C=O) groups excluding carboxylic acids is 1. The molecule has 0 fully saturated rings. The third-order valence-corrected chi connectivity index (χ3v) is 3.38. The predicted molar refractivity (Wildman–Crippen MR) is 100 cm³/mol. The number of allylic oxidation sites excluding steroid dienone is 1. The molecular formula is C20H24N2O2. The molecule has 2 aromatic rings. The van der Waals surface area contributed by atoms with Crippen LogP contribution in [0, 0.1) is 0 Å². The first-order valence-corrected chi connectivity index (χ1v) is 7.97. The average molecular weight is 324 g/mol. The van der Waals surface area contributed by atoms with Gasteiger partial charge in [0.15, 0.2) is 5.78 Å². The van der Waals surface area contributed by atoms with Gasteiger partial charge in [0.2, 0.25) is 0 Å². The summed E-state index contributed by atoms with van der Waals surface area (Å²) in [5.41, 5.74) is 2.70. The normalized spacial score (nSPS) is 10.9. The van der Waals surface area contributed by atoms with E-state index in [1.165, 1.54) is 6.08 Å². The summed E-state index contributed by atoms with van der Waals surface area (Å²) in [4.78, 5) is 14.2. The maximum Gasteiger partial charge on any atom is 0.187 e. The van der Waals surface area contributed by atoms with Crippen molar-refractivity contribution in [2.45, 2.75) is 20.0 Å². The van der Waals surface area contributed by atoms with Crippen LogP contribution in [0.3, 0.4) is 0 Å². The third kappa shape index (κ3) is 5.16. The number of rotatable bonds is 7. The Morgan fingerprint density at radius 3 is 2.21 bits per heavy atom. The van der Waals surface area contributed by atoms with Crippen molar-refractivity contribution in [3.63, 3.8) is 0 Å². The molecule has 4 heteroatoms. The number of nitrogens with zero attached hydrogens (tertiary/aromatic N) is 1. The van der Waals surface area contributed by atoms with E-state index >= 15 is 0 Å². The van der Waals surface area contributed by atoms with Gasteiger partial charge in [-0.3, -0.25) is 4.79 Å². The van der Waals surface area contributed by atoms with Crippen LogP contribution < -0.4 is 15.0 Å². The van der Waals surface area contributed by atoms with E-state index in [2.05, 4.69) is 5.32 Å². The number of nitrogens with one attached hydrogen (secondary N) is 1. The van der Waals surface area contributed by atoms with E-state index in [9.17, 15) is 4.79 Å². The van der Waals surface area contributed by atoms with Crippen LogP contribution in [0.15, 0.2) is 60.8 Å². The lowest BCUT2D eigenvalue weighted by Gasteiger charge is -2.12. The average Bonchev–Trinajstić information content (AvgIpc) is 2.55. The smallest absolute Gasteiger partial charge is 0.187 e. The number of hydrogen-bond donors (Lipinski definition) is 1. The molecule has 0 saturated heterocycles. The van der Waals surface area contributed by atoms with E-state index in [-0.39, 0.29) is 11.9 Å². The van der Waals surface area contributed by atoms with Gasteiger partial charge in [0.1, 0.15) is 5.75 Å². The minimum atomic E-state index is -0.0523. The fraction of sp³-hybridized carbons (Fsp3) is 0.250. The Hall–Kier alpha value is -2.75. The number of carbonyl (C=O) groups is 1. The van der Waals surface area contributed by atoms with Crippen LogP contribution in [0.1, 0.15) is 24.2 Å². The monoisotopic (exact) mass is 324 g/mol. The summed E-state index contributed by atoms with van der Waals surface area (Å²) in [6.07, 6.45) is 3.30. The molecule has 0 aromatic heterocycles. The zero-order valence-corrected chi connectivity index (χ0v) is 14.6. The number of ether oxygens (including phenoxy) is 1. The molecule has 4 nitrogen and oxygen atoms in total. The molecule has 126 valence electrons. The lowest BCUT2D eigenvalue weighted by atomic mass is 10.1. The summed E-state index contributed by atoms with van der Waals surface area (Å²) >= 11 is 0. The highest BCUT2D eigenvalue weighted by Crippen LogP contribution is 2.16. The highest BCUT2D eigenvalue weighted by molar-refractivity contribution is 6.04. The van der Waals surface area contributed by atoms with Crippen molar-refractivity contribution in [3.05, 3.63) is 66.4 Å². The van der Waals surface area contributed by atoms with Gasteiger partial charge in [0.25, 0.3) is 0 Å². The van der Waals surface area contributed by atoms with E-state index in [1.807, 2.05) is 69.2 Å². The van der Waals surface area contributed by atoms with Crippen molar-refractivity contribution in [2.75, 3.05) is 24.3 Å². The number of ketones is 1. The van der Waals surface area contributed by atoms with E-state index in [4.69, 9.17) is 4.74 Å². The van der Waals surface area contributed by atoms with E-state index in [0.29, 0.717) is 5.56 Å². The van der Waals surface area contributed by atoms with Gasteiger partial charge in [0.05, 0.1) is 6.10 Å². The number of benzene rings is 2. The SMILES string of the molecule is CC(C)Oc1ccc(C(=O)/C=C/Nc2ccc(N(C)C)cc2)cc1. The summed E-state index contributed by atoms with van der Waals surface area (Å²) in [7, 11) is 4.00. The predicted octanol–water partition coefficient (Wildman–Crippen LogP) is 4.35. The van der Waals surface area contributed by atoms with Crippen LogP contribution in [0.4, 0.5) is 11.4 Å². The molecular weight excluding hydrogens is 300 g/mol. The van der Waals surface area contributed by atoms with Crippen molar-refractivity contribution in [1.29, 1.82) is 0 Å². The summed E-state index contributed by atoms with van der Waals surface area (Å²) in [5.74, 6) is 0.716. The largest absolute Gasteiger partial charge is 0.491 e. The van der Waals surface area contributed by atoms with Crippen molar-refractivity contribution in [1.82, 2.24) is 0 Å². The molecule has 0 aliphatic heterocycles. The molecule has 0 spiro atoms. The van der Waals surface area contributed by atoms with Gasteiger partial charge in [-0.1, -0.05) is 0 Å². The molecule has 2 rings (SSSR count). The Labute approximate surface area is 143 Å². The topological polar surface area (TPSA) is 41.6 Å². The summed E-state index contributed by atoms with van der Waals surface area (Å²) in [6, 6.07) is 15.2. The first kappa shape index (κ1) is 17.6. The minimum Gasteiger partial charge on any atom is -0.491 e. The van der Waals surface area contributed by atoms with Crippen molar-refractivity contribution in [3.8, 4) is 5.75 Å². The molecule has 0 radical (unpaired) electrons. The van der Waals surface area contributed by atoms with Crippen LogP contribution in [0.25, 0.3) is 0 Å². The van der Waals surface area contributed by atoms with E-state index in [0.717, 1.165) is 17.1 Å². The maximum absolute atomic E-state index is 12.1. The molecule has 0 aliphatic carbocycles. The van der Waals surface area contributed by atoms with Crippen LogP contribution >= 0.6 is 0 Å². The Kier molecular flexibility index (Phi) is 6.01. The quantitative estimate of drug-likeness (QED) is 0.607. The maximum atomic E-state index is 12.1. The molecule has 0 heterocycles. The first-order valence-electron chi connectivity index (χ1n) is 7.97. The number of anilines is 2. The minimum absolute atomic E-state index is 0.0523. The number of hydrogen-bond acceptors (Lipinski definition) is 4. The molecule has 0 saturated carbocycles. The molecule has 0 unspecified atom stereocenters. The van der Waals surface area contributed by atoms with Gasteiger partial charge in [-0.2, -0.15) is 0 Å². The lowest BCUT2D eigenvalue weighted by Crippen LogP contribution is -2.08. The molecule has 0 aliphatic rings. The van der Waals surface area contributed by atoms with Crippen molar-refractivity contribution < 1.29 is 9.53 Å². The summed E-state index contributed by atoms with van der Waals surface area (Å²) < 4.78 is 5.57. The second kappa shape index (κ2) is 8.20. The highest BCUT2D eigenvalue weighted by atomic mass is 16.5. The molecule has 0 amide bonds. The zero-order chi connectivity index (χ0) is 17.5. The van der Waals surface area contributed by atoms with Crippen LogP contribution in [0.5, 0.6) is 5.75 Å². The van der Waals surface area contributed by atoms with Gasteiger partial charge < -0.3 is 15.0 Å². The molecule has 0 atom stereocenters. The van der Waals surface area contributed by atoms with Gasteiger partial charge in [-0.05, 0) is 62.4 Å². The Morgan fingerprint density at radius 1 is 1.04 bits per heavy atom. The first-order chi connectivity index (χ1) is 11.5. The Bertz CT molecular complexity index is 687. The standard InChI is InChI=1S/C20H24N2O2/c1-15(2)24-19-11-5-16(6-12-19)20(23)13-14-21-17-7-9-18(10-8-17)22(3)4/h5-15,21H,1-4H3/b14-13+. The molecule has 1 N–H and O–H groups in total. The van der Waals surface area contributed by atoms with Gasteiger partial charge in [0, 0.05) is 43.3 Å². The highest BCUT2D eigenvalue weighted by Gasteiger charge is 2.03. The van der Waals surface area contributed by atoms with Gasteiger partial charge in [-0.25, -0.2) is 0 Å². The molecule has 2 aromatic carbocycles. The van der Waals surface area contributed by atoms with Crippen molar-refractivity contribution >= 4 is 17.2 Å². The Balaban J connectivity index is 1.92. The summed E-state index contributed by atoms with van der Waals surface area (Å²) in [5, 5.41) is 3.10. The van der Waals surface area contributed by atoms with Crippen LogP contribution in [0.2, 0.25) is 0 Å². The second-order valence-electron chi connectivity index (χ2n) is 5.97. The zero-order valence-electron chi connectivity index (χ0n) is 14.6. The molecule has 0 bridgehead atoms. The lowest BCUT2D eigenvalue weighted by molar-refractivity contribution is 0.104. The van der Waals surface area contributed by atoms with E-state index < -0.39 is 0 Å². The van der Waals surface area contributed by atoms with Crippen LogP contribution in [-0.2, 0) is 0 Å². The Morgan fingerprint density at radius 2 is 1.67 bits per heavy atom. The van der Waals surface area contributed by atoms with Crippen molar-refractivity contribution in [2.24, 2.45) is 0 Å². The van der Waals surface area contributed by atoms with Gasteiger partial charge >= 0.3 is 0 Å². The van der Waals surface area contributed by atoms with Gasteiger partial charge in [-0.15, -0.1) is 0 Å². The fourth-order valence-electron chi connectivity index (χ4n) is 2.14. The van der Waals surface area contributed by atoms with Crippen LogP contribution in [-0.4, -0.2) is 26.0 Å². The molecule has 24 heavy (non-hydrogen) atoms. The summed E-state index contributed by atoms with van der Waals surface area (Å²) in [6.45, 7) is 3.94. The third-order valence-electron chi connectivity index (χ3n) is 3.38. The second-order valence-corrected chi connectivity index (χ2v) is 5.97. The van der Waals surface area contributed by atoms with E-state index in [1.54, 1.807) is 18.3 Å². The fourth-order valence-corrected chi connectivity index (χ4v) is 2.14.